The lowest BCUT2D eigenvalue weighted by Gasteiger charge is -2.23. The highest BCUT2D eigenvalue weighted by atomic mass is 19.4. The summed E-state index contributed by atoms with van der Waals surface area (Å²) in [5, 5.41) is 0. The summed E-state index contributed by atoms with van der Waals surface area (Å²) in [6.07, 6.45) is -4.73. The summed E-state index contributed by atoms with van der Waals surface area (Å²) in [6, 6.07) is 3.94. The van der Waals surface area contributed by atoms with Gasteiger partial charge in [0, 0.05) is 0 Å². The summed E-state index contributed by atoms with van der Waals surface area (Å²) in [6.45, 7) is 2.61. The van der Waals surface area contributed by atoms with Crippen LogP contribution in [0.5, 0.6) is 5.75 Å². The zero-order valence-corrected chi connectivity index (χ0v) is 9.38. The smallest absolute Gasteiger partial charge is 0.406 e. The molecule has 0 saturated carbocycles. The quantitative estimate of drug-likeness (QED) is 0.836. The summed E-state index contributed by atoms with van der Waals surface area (Å²) < 4.78 is 52.8. The zero-order chi connectivity index (χ0) is 13.3. The van der Waals surface area contributed by atoms with Crippen molar-refractivity contribution in [2.75, 3.05) is 0 Å². The number of hydrogen-bond donors (Lipinski definition) is 1. The molecule has 0 amide bonds. The van der Waals surface area contributed by atoms with Gasteiger partial charge in [-0.3, -0.25) is 0 Å². The van der Waals surface area contributed by atoms with Crippen molar-refractivity contribution in [2.45, 2.75) is 31.9 Å². The minimum absolute atomic E-state index is 0.356. The molecule has 1 rings (SSSR count). The second-order valence-corrected chi connectivity index (χ2v) is 4.16. The number of rotatable bonds is 3. The maximum Gasteiger partial charge on any atom is 0.573 e. The molecule has 0 radical (unpaired) electrons. The fourth-order valence-corrected chi connectivity index (χ4v) is 1.27. The molecule has 0 aliphatic carbocycles. The summed E-state index contributed by atoms with van der Waals surface area (Å²) >= 11 is 0. The maximum absolute atomic E-state index is 13.5. The van der Waals surface area contributed by atoms with Crippen molar-refractivity contribution >= 4 is 0 Å². The fraction of sp³-hybridized carbons (Fsp3) is 0.455. The molecule has 0 aliphatic heterocycles. The Labute approximate surface area is 96.4 Å². The minimum Gasteiger partial charge on any atom is -0.406 e. The van der Waals surface area contributed by atoms with E-state index in [1.54, 1.807) is 0 Å². The lowest BCUT2D eigenvalue weighted by molar-refractivity contribution is -0.274. The van der Waals surface area contributed by atoms with Gasteiger partial charge in [0.2, 0.25) is 0 Å². The fourth-order valence-electron chi connectivity index (χ4n) is 1.27. The highest BCUT2D eigenvalue weighted by Crippen LogP contribution is 2.29. The Kier molecular flexibility index (Phi) is 3.66. The van der Waals surface area contributed by atoms with E-state index in [2.05, 4.69) is 4.74 Å². The van der Waals surface area contributed by atoms with Gasteiger partial charge in [0.1, 0.15) is 11.4 Å². The third-order valence-electron chi connectivity index (χ3n) is 2.21. The van der Waals surface area contributed by atoms with Gasteiger partial charge < -0.3 is 10.5 Å². The van der Waals surface area contributed by atoms with Gasteiger partial charge in [-0.05, 0) is 31.5 Å². The van der Waals surface area contributed by atoms with Crippen LogP contribution in [0.4, 0.5) is 17.6 Å². The van der Waals surface area contributed by atoms with Crippen molar-refractivity contribution in [1.82, 2.24) is 0 Å². The molecule has 0 bridgehead atoms. The first-order chi connectivity index (χ1) is 7.59. The molecule has 96 valence electrons. The van der Waals surface area contributed by atoms with Crippen LogP contribution in [0.2, 0.25) is 0 Å². The molecule has 17 heavy (non-hydrogen) atoms. The predicted octanol–water partition coefficient (Wildman–Crippen LogP) is 3.33. The van der Waals surface area contributed by atoms with Crippen LogP contribution < -0.4 is 10.5 Å². The highest BCUT2D eigenvalue weighted by Gasteiger charge is 2.31. The molecule has 0 fully saturated rings. The molecule has 0 spiro atoms. The van der Waals surface area contributed by atoms with E-state index >= 15 is 0 Å². The third-order valence-corrected chi connectivity index (χ3v) is 2.21. The number of ether oxygens (including phenoxy) is 1. The average molecular weight is 251 g/mol. The maximum atomic E-state index is 13.5. The predicted molar refractivity (Wildman–Crippen MR) is 55.2 cm³/mol. The Morgan fingerprint density at radius 1 is 1.06 bits per heavy atom. The Morgan fingerprint density at radius 3 is 1.88 bits per heavy atom. The van der Waals surface area contributed by atoms with Gasteiger partial charge in [-0.25, -0.2) is 4.39 Å². The Balaban J connectivity index is 2.82. The molecule has 0 aliphatic rings. The van der Waals surface area contributed by atoms with E-state index in [4.69, 9.17) is 5.73 Å². The Morgan fingerprint density at radius 2 is 1.53 bits per heavy atom. The Hall–Kier alpha value is -1.30. The van der Waals surface area contributed by atoms with Crippen molar-refractivity contribution in [3.8, 4) is 5.75 Å². The first kappa shape index (κ1) is 13.8. The summed E-state index contributed by atoms with van der Waals surface area (Å²) in [4.78, 5) is 0. The van der Waals surface area contributed by atoms with Gasteiger partial charge >= 0.3 is 6.36 Å². The summed E-state index contributed by atoms with van der Waals surface area (Å²) in [5.41, 5.74) is 4.37. The summed E-state index contributed by atoms with van der Waals surface area (Å²) in [7, 11) is 0. The van der Waals surface area contributed by atoms with E-state index in [0.717, 1.165) is 12.1 Å². The van der Waals surface area contributed by atoms with Gasteiger partial charge in [-0.15, -0.1) is 13.2 Å². The molecule has 1 atom stereocenters. The van der Waals surface area contributed by atoms with E-state index in [1.807, 2.05) is 0 Å². The minimum atomic E-state index is -4.73. The highest BCUT2D eigenvalue weighted by molar-refractivity contribution is 5.30. The number of alkyl halides is 4. The normalized spacial score (nSPS) is 14.5. The average Bonchev–Trinajstić information content (AvgIpc) is 2.14. The molecule has 0 heterocycles. The van der Waals surface area contributed by atoms with Crippen molar-refractivity contribution < 1.29 is 22.3 Å². The van der Waals surface area contributed by atoms with Crippen LogP contribution in [0.3, 0.4) is 0 Å². The van der Waals surface area contributed by atoms with Crippen LogP contribution in [-0.2, 0) is 0 Å². The molecule has 1 aromatic rings. The standard InChI is InChI=1S/C11H13F4NO/c1-10(2,12)9(16)7-3-5-8(6-4-7)17-11(13,14)15/h3-6,9H,16H2,1-2H3. The van der Waals surface area contributed by atoms with Crippen molar-refractivity contribution in [3.63, 3.8) is 0 Å². The van der Waals surface area contributed by atoms with Crippen molar-refractivity contribution in [3.05, 3.63) is 29.8 Å². The molecule has 1 aromatic carbocycles. The lowest BCUT2D eigenvalue weighted by atomic mass is 9.94. The van der Waals surface area contributed by atoms with Crippen LogP contribution in [-0.4, -0.2) is 12.0 Å². The molecule has 0 aromatic heterocycles. The molecular formula is C11H13F4NO. The van der Waals surface area contributed by atoms with Gasteiger partial charge in [-0.1, -0.05) is 12.1 Å². The van der Waals surface area contributed by atoms with Gasteiger partial charge in [0.15, 0.2) is 0 Å². The third kappa shape index (κ3) is 4.22. The van der Waals surface area contributed by atoms with E-state index in [-0.39, 0.29) is 5.75 Å². The van der Waals surface area contributed by atoms with Crippen LogP contribution in [0.25, 0.3) is 0 Å². The lowest BCUT2D eigenvalue weighted by Crippen LogP contribution is -2.30. The van der Waals surface area contributed by atoms with E-state index in [1.165, 1.54) is 26.0 Å². The molecule has 2 nitrogen and oxygen atoms in total. The molecular weight excluding hydrogens is 238 g/mol. The van der Waals surface area contributed by atoms with Crippen LogP contribution in [0, 0.1) is 0 Å². The molecule has 6 heteroatoms. The second kappa shape index (κ2) is 4.52. The number of nitrogens with two attached hydrogens (primary N) is 1. The van der Waals surface area contributed by atoms with Gasteiger partial charge in [0.05, 0.1) is 6.04 Å². The molecule has 0 saturated heterocycles. The largest absolute Gasteiger partial charge is 0.573 e. The topological polar surface area (TPSA) is 35.2 Å². The second-order valence-electron chi connectivity index (χ2n) is 4.16. The van der Waals surface area contributed by atoms with Crippen LogP contribution in [0.15, 0.2) is 24.3 Å². The first-order valence-electron chi connectivity index (χ1n) is 4.90. The number of benzene rings is 1. The van der Waals surface area contributed by atoms with E-state index in [0.29, 0.717) is 5.56 Å². The van der Waals surface area contributed by atoms with Crippen LogP contribution >= 0.6 is 0 Å². The number of hydrogen-bond acceptors (Lipinski definition) is 2. The van der Waals surface area contributed by atoms with Gasteiger partial charge in [-0.2, -0.15) is 0 Å². The van der Waals surface area contributed by atoms with Crippen LogP contribution in [0.1, 0.15) is 25.5 Å². The summed E-state index contributed by atoms with van der Waals surface area (Å²) in [5.74, 6) is -0.356. The molecule has 2 N–H and O–H groups in total. The van der Waals surface area contributed by atoms with Crippen molar-refractivity contribution in [1.29, 1.82) is 0 Å². The van der Waals surface area contributed by atoms with Crippen molar-refractivity contribution in [2.24, 2.45) is 5.73 Å². The molecule has 1 unspecified atom stereocenters. The number of halogens is 4. The van der Waals surface area contributed by atoms with Gasteiger partial charge in [0.25, 0.3) is 0 Å². The van der Waals surface area contributed by atoms with E-state index < -0.39 is 18.1 Å². The SMILES string of the molecule is CC(C)(F)C(N)c1ccc(OC(F)(F)F)cc1. The first-order valence-corrected chi connectivity index (χ1v) is 4.90. The Bertz CT molecular complexity index is 367. The van der Waals surface area contributed by atoms with E-state index in [9.17, 15) is 17.6 Å². The zero-order valence-electron chi connectivity index (χ0n) is 9.38. The monoisotopic (exact) mass is 251 g/mol.